The van der Waals surface area contributed by atoms with Gasteiger partial charge in [0.15, 0.2) is 17.0 Å². The van der Waals surface area contributed by atoms with Crippen LogP contribution in [0.5, 0.6) is 0 Å². The Labute approximate surface area is 179 Å². The number of alkyl halides is 3. The van der Waals surface area contributed by atoms with E-state index in [0.717, 1.165) is 6.07 Å². The number of amides is 1. The number of hydrogen-bond acceptors (Lipinski definition) is 4. The van der Waals surface area contributed by atoms with Gasteiger partial charge in [-0.25, -0.2) is 9.50 Å². The largest absolute Gasteiger partial charge is 0.433 e. The van der Waals surface area contributed by atoms with Gasteiger partial charge in [-0.3, -0.25) is 9.48 Å². The van der Waals surface area contributed by atoms with E-state index in [9.17, 15) is 18.0 Å². The summed E-state index contributed by atoms with van der Waals surface area (Å²) in [4.78, 5) is 18.4. The summed E-state index contributed by atoms with van der Waals surface area (Å²) in [5, 5.41) is 8.54. The molecule has 0 aliphatic rings. The van der Waals surface area contributed by atoms with Crippen molar-refractivity contribution in [2.75, 3.05) is 7.05 Å². The van der Waals surface area contributed by atoms with Gasteiger partial charge in [-0.2, -0.15) is 23.4 Å². The van der Waals surface area contributed by atoms with Crippen molar-refractivity contribution in [3.63, 3.8) is 0 Å². The van der Waals surface area contributed by atoms with Crippen LogP contribution >= 0.6 is 11.6 Å². The first-order valence-corrected chi connectivity index (χ1v) is 9.47. The standard InChI is InChI=1S/C20H16ClF3N6O/c1-28(11-14-7-8-29(2)26-14)19(31)16-10-18-25-15(12-3-5-13(21)6-4-12)9-17(20(22,23)24)30(18)27-16/h3-10H,11H2,1-2H3. The average Bonchev–Trinajstić information content (AvgIpc) is 3.32. The molecular weight excluding hydrogens is 433 g/mol. The van der Waals surface area contributed by atoms with E-state index in [-0.39, 0.29) is 23.6 Å². The molecule has 0 saturated carbocycles. The molecule has 7 nitrogen and oxygen atoms in total. The molecule has 0 unspecified atom stereocenters. The van der Waals surface area contributed by atoms with Gasteiger partial charge in [0, 0.05) is 36.9 Å². The number of aryl methyl sites for hydroxylation is 1. The normalized spacial score (nSPS) is 11.8. The van der Waals surface area contributed by atoms with E-state index in [1.165, 1.54) is 18.0 Å². The second kappa shape index (κ2) is 7.69. The molecule has 0 spiro atoms. The zero-order valence-electron chi connectivity index (χ0n) is 16.4. The maximum atomic E-state index is 13.7. The van der Waals surface area contributed by atoms with Crippen LogP contribution in [-0.2, 0) is 19.8 Å². The molecule has 1 amide bonds. The third-order valence-electron chi connectivity index (χ3n) is 4.59. The van der Waals surface area contributed by atoms with Crippen molar-refractivity contribution in [3.8, 4) is 11.3 Å². The fraction of sp³-hybridized carbons (Fsp3) is 0.200. The monoisotopic (exact) mass is 448 g/mol. The quantitative estimate of drug-likeness (QED) is 0.472. The van der Waals surface area contributed by atoms with Crippen molar-refractivity contribution in [1.29, 1.82) is 0 Å². The molecular formula is C20H16ClF3N6O. The first-order chi connectivity index (χ1) is 14.6. The molecule has 11 heteroatoms. The number of nitrogens with zero attached hydrogens (tertiary/aromatic N) is 6. The van der Waals surface area contributed by atoms with Crippen LogP contribution in [0, 0.1) is 0 Å². The summed E-state index contributed by atoms with van der Waals surface area (Å²) in [6.45, 7) is 0.184. The SMILES string of the molecule is CN(Cc1ccn(C)n1)C(=O)c1cc2nc(-c3ccc(Cl)cc3)cc(C(F)(F)F)n2n1. The van der Waals surface area contributed by atoms with Crippen LogP contribution in [0.1, 0.15) is 21.9 Å². The number of hydrogen-bond donors (Lipinski definition) is 0. The van der Waals surface area contributed by atoms with E-state index in [0.29, 0.717) is 20.8 Å². The molecule has 0 N–H and O–H groups in total. The Kier molecular flexibility index (Phi) is 5.18. The van der Waals surface area contributed by atoms with Gasteiger partial charge >= 0.3 is 6.18 Å². The predicted octanol–water partition coefficient (Wildman–Crippen LogP) is 4.07. The molecule has 0 aliphatic carbocycles. The number of carbonyl (C=O) groups excluding carboxylic acids is 1. The van der Waals surface area contributed by atoms with Crippen LogP contribution in [0.15, 0.2) is 48.7 Å². The molecule has 4 aromatic rings. The molecule has 0 radical (unpaired) electrons. The lowest BCUT2D eigenvalue weighted by Gasteiger charge is -2.14. The lowest BCUT2D eigenvalue weighted by atomic mass is 10.1. The molecule has 0 saturated heterocycles. The highest BCUT2D eigenvalue weighted by atomic mass is 35.5. The first kappa shape index (κ1) is 20.9. The van der Waals surface area contributed by atoms with Gasteiger partial charge < -0.3 is 4.90 Å². The summed E-state index contributed by atoms with van der Waals surface area (Å²) in [5.41, 5.74) is -0.0786. The number of rotatable bonds is 4. The summed E-state index contributed by atoms with van der Waals surface area (Å²) < 4.78 is 43.4. The van der Waals surface area contributed by atoms with Crippen LogP contribution in [0.3, 0.4) is 0 Å². The minimum atomic E-state index is -4.70. The Bertz CT molecular complexity index is 1260. The van der Waals surface area contributed by atoms with Crippen molar-refractivity contribution in [2.24, 2.45) is 7.05 Å². The minimum Gasteiger partial charge on any atom is -0.334 e. The lowest BCUT2D eigenvalue weighted by molar-refractivity contribution is -0.142. The Balaban J connectivity index is 1.74. The third kappa shape index (κ3) is 4.24. The number of benzene rings is 1. The van der Waals surface area contributed by atoms with Gasteiger partial charge in [-0.1, -0.05) is 23.7 Å². The van der Waals surface area contributed by atoms with Gasteiger partial charge in [0.1, 0.15) is 0 Å². The van der Waals surface area contributed by atoms with E-state index in [4.69, 9.17) is 11.6 Å². The summed E-state index contributed by atoms with van der Waals surface area (Å²) in [5.74, 6) is -0.544. The number of fused-ring (bicyclic) bond motifs is 1. The maximum absolute atomic E-state index is 13.7. The maximum Gasteiger partial charge on any atom is 0.433 e. The van der Waals surface area contributed by atoms with Crippen LogP contribution < -0.4 is 0 Å². The van der Waals surface area contributed by atoms with Gasteiger partial charge in [0.05, 0.1) is 17.9 Å². The van der Waals surface area contributed by atoms with E-state index >= 15 is 0 Å². The number of carbonyl (C=O) groups is 1. The Hall–Kier alpha value is -3.40. The van der Waals surface area contributed by atoms with Gasteiger partial charge in [-0.15, -0.1) is 0 Å². The third-order valence-corrected chi connectivity index (χ3v) is 4.84. The van der Waals surface area contributed by atoms with Crippen molar-refractivity contribution in [1.82, 2.24) is 29.3 Å². The van der Waals surface area contributed by atoms with Crippen LogP contribution in [0.25, 0.3) is 16.9 Å². The van der Waals surface area contributed by atoms with Gasteiger partial charge in [0.25, 0.3) is 5.91 Å². The van der Waals surface area contributed by atoms with Crippen LogP contribution in [0.4, 0.5) is 13.2 Å². The first-order valence-electron chi connectivity index (χ1n) is 9.10. The average molecular weight is 449 g/mol. The number of aromatic nitrogens is 5. The molecule has 0 aliphatic heterocycles. The van der Waals surface area contributed by atoms with Gasteiger partial charge in [-0.05, 0) is 24.3 Å². The zero-order valence-corrected chi connectivity index (χ0v) is 17.2. The van der Waals surface area contributed by atoms with E-state index in [1.807, 2.05) is 0 Å². The fourth-order valence-corrected chi connectivity index (χ4v) is 3.23. The molecule has 31 heavy (non-hydrogen) atoms. The smallest absolute Gasteiger partial charge is 0.334 e. The summed E-state index contributed by atoms with van der Waals surface area (Å²) in [6.07, 6.45) is -2.97. The Morgan fingerprint density at radius 2 is 1.84 bits per heavy atom. The topological polar surface area (TPSA) is 68.3 Å². The van der Waals surface area contributed by atoms with Crippen molar-refractivity contribution in [2.45, 2.75) is 12.7 Å². The predicted molar refractivity (Wildman–Crippen MR) is 107 cm³/mol. The number of halogens is 4. The molecule has 0 atom stereocenters. The van der Waals surface area contributed by atoms with Crippen LogP contribution in [0.2, 0.25) is 5.02 Å². The van der Waals surface area contributed by atoms with Crippen molar-refractivity contribution < 1.29 is 18.0 Å². The van der Waals surface area contributed by atoms with E-state index < -0.39 is 17.8 Å². The Morgan fingerprint density at radius 3 is 2.45 bits per heavy atom. The highest BCUT2D eigenvalue weighted by molar-refractivity contribution is 6.30. The summed E-state index contributed by atoms with van der Waals surface area (Å²) in [7, 11) is 3.27. The molecule has 160 valence electrons. The zero-order chi connectivity index (χ0) is 22.3. The molecule has 4 rings (SSSR count). The minimum absolute atomic E-state index is 0.0886. The summed E-state index contributed by atoms with van der Waals surface area (Å²) >= 11 is 5.86. The highest BCUT2D eigenvalue weighted by Gasteiger charge is 2.36. The molecule has 3 heterocycles. The lowest BCUT2D eigenvalue weighted by Crippen LogP contribution is -2.27. The summed E-state index contributed by atoms with van der Waals surface area (Å²) in [6, 6.07) is 10.2. The van der Waals surface area contributed by atoms with Crippen LogP contribution in [-0.4, -0.2) is 42.2 Å². The molecule has 3 aromatic heterocycles. The fourth-order valence-electron chi connectivity index (χ4n) is 3.11. The molecule has 1 aromatic carbocycles. The second-order valence-electron chi connectivity index (χ2n) is 6.97. The van der Waals surface area contributed by atoms with E-state index in [1.54, 1.807) is 48.3 Å². The second-order valence-corrected chi connectivity index (χ2v) is 7.41. The highest BCUT2D eigenvalue weighted by Crippen LogP contribution is 2.32. The van der Waals surface area contributed by atoms with Crippen molar-refractivity contribution >= 4 is 23.2 Å². The Morgan fingerprint density at radius 1 is 1.13 bits per heavy atom. The van der Waals surface area contributed by atoms with Crippen molar-refractivity contribution in [3.05, 3.63) is 70.8 Å². The molecule has 0 fully saturated rings. The van der Waals surface area contributed by atoms with Gasteiger partial charge in [0.2, 0.25) is 0 Å². The van der Waals surface area contributed by atoms with E-state index in [2.05, 4.69) is 15.2 Å². The molecule has 0 bridgehead atoms.